The molecule has 3 rings (SSSR count). The van der Waals surface area contributed by atoms with Crippen molar-refractivity contribution in [2.45, 2.75) is 124 Å². The van der Waals surface area contributed by atoms with E-state index in [1.165, 1.54) is 6.42 Å². The molecule has 0 radical (unpaired) electrons. The Balaban J connectivity index is 1.43. The molecule has 2 aliphatic carbocycles. The molecule has 1 saturated heterocycles. The fourth-order valence-electron chi connectivity index (χ4n) is 6.19. The second kappa shape index (κ2) is 11.9. The van der Waals surface area contributed by atoms with Gasteiger partial charge >= 0.3 is 5.97 Å². The molecule has 0 aromatic heterocycles. The monoisotopic (exact) mass is 496 g/mol. The summed E-state index contributed by atoms with van der Waals surface area (Å²) in [6, 6.07) is 0. The van der Waals surface area contributed by atoms with Gasteiger partial charge < -0.3 is 29.2 Å². The van der Waals surface area contributed by atoms with Gasteiger partial charge in [-0.25, -0.2) is 0 Å². The maximum atomic E-state index is 12.3. The molecule has 6 unspecified atom stereocenters. The molecule has 1 aliphatic heterocycles. The van der Waals surface area contributed by atoms with E-state index in [1.54, 1.807) is 0 Å². The Kier molecular flexibility index (Phi) is 9.69. The molecular formula is C28H48O7. The molecule has 2 N–H and O–H groups in total. The highest BCUT2D eigenvalue weighted by atomic mass is 16.8. The van der Waals surface area contributed by atoms with Crippen LogP contribution in [0.5, 0.6) is 0 Å². The molecule has 0 spiro atoms. The Bertz CT molecular complexity index is 727. The van der Waals surface area contributed by atoms with Gasteiger partial charge in [-0.2, -0.15) is 0 Å². The highest BCUT2D eigenvalue weighted by Crippen LogP contribution is 2.47. The Morgan fingerprint density at radius 3 is 2.37 bits per heavy atom. The summed E-state index contributed by atoms with van der Waals surface area (Å²) < 4.78 is 22.4. The van der Waals surface area contributed by atoms with Crippen LogP contribution in [0.3, 0.4) is 0 Å². The number of rotatable bonds is 12. The quantitative estimate of drug-likeness (QED) is 0.280. The molecule has 1 heterocycles. The zero-order valence-corrected chi connectivity index (χ0v) is 22.6. The highest BCUT2D eigenvalue weighted by Gasteiger charge is 2.44. The van der Waals surface area contributed by atoms with Gasteiger partial charge in [0.05, 0.1) is 11.4 Å². The fourth-order valence-corrected chi connectivity index (χ4v) is 6.19. The van der Waals surface area contributed by atoms with E-state index >= 15 is 0 Å². The smallest absolute Gasteiger partial charge is 0.316 e. The molecule has 0 bridgehead atoms. The van der Waals surface area contributed by atoms with E-state index in [-0.39, 0.29) is 18.4 Å². The molecule has 0 amide bonds. The summed E-state index contributed by atoms with van der Waals surface area (Å²) in [5.74, 6) is 1.48. The van der Waals surface area contributed by atoms with Crippen molar-refractivity contribution in [1.82, 2.24) is 0 Å². The van der Waals surface area contributed by atoms with Crippen LogP contribution < -0.4 is 0 Å². The average molecular weight is 497 g/mol. The van der Waals surface area contributed by atoms with Gasteiger partial charge in [0.2, 0.25) is 6.29 Å². The number of hydrogen-bond acceptors (Lipinski definition) is 7. The van der Waals surface area contributed by atoms with Crippen molar-refractivity contribution in [2.24, 2.45) is 29.1 Å². The zero-order valence-electron chi connectivity index (χ0n) is 22.6. The maximum Gasteiger partial charge on any atom is 0.316 e. The lowest BCUT2D eigenvalue weighted by Crippen LogP contribution is -2.36. The second-order valence-electron chi connectivity index (χ2n) is 12.3. The molecule has 7 nitrogen and oxygen atoms in total. The van der Waals surface area contributed by atoms with Gasteiger partial charge in [-0.1, -0.05) is 47.5 Å². The van der Waals surface area contributed by atoms with Crippen LogP contribution in [-0.4, -0.2) is 47.3 Å². The van der Waals surface area contributed by atoms with E-state index < -0.39 is 36.4 Å². The SMILES string of the molecule is CC(C)CC(C(C)C)C1(C)CC=C(OCC(O)OC2CC(C(O)OC3(C)CCCC3)C(=O)O2)CC1. The van der Waals surface area contributed by atoms with E-state index in [1.807, 2.05) is 6.92 Å². The molecule has 202 valence electrons. The number of aliphatic hydroxyl groups excluding tert-OH is 2. The van der Waals surface area contributed by atoms with Crippen molar-refractivity contribution in [1.29, 1.82) is 0 Å². The molecule has 2 fully saturated rings. The Morgan fingerprint density at radius 1 is 1.11 bits per heavy atom. The first-order chi connectivity index (χ1) is 16.4. The summed E-state index contributed by atoms with van der Waals surface area (Å²) in [6.07, 6.45) is 6.86. The third-order valence-electron chi connectivity index (χ3n) is 8.29. The minimum absolute atomic E-state index is 0.0298. The first-order valence-electron chi connectivity index (χ1n) is 13.6. The Morgan fingerprint density at radius 2 is 1.80 bits per heavy atom. The standard InChI is InChI=1S/C28H48O7/c1-18(2)15-22(19(3)4)27(5)13-9-20(10-14-27)32-17-23(29)33-24-16-21(25(30)34-24)26(31)35-28(6)11-7-8-12-28/h9,18-19,21-24,26,29,31H,7-8,10-17H2,1-6H3. The molecule has 35 heavy (non-hydrogen) atoms. The molecule has 6 atom stereocenters. The normalized spacial score (nSPS) is 31.4. The minimum atomic E-state index is -1.24. The van der Waals surface area contributed by atoms with Crippen molar-refractivity contribution in [3.63, 3.8) is 0 Å². The molecular weight excluding hydrogens is 448 g/mol. The molecule has 1 saturated carbocycles. The van der Waals surface area contributed by atoms with Crippen LogP contribution >= 0.6 is 0 Å². The Hall–Kier alpha value is -1.15. The molecule has 3 aliphatic rings. The van der Waals surface area contributed by atoms with E-state index in [0.29, 0.717) is 17.8 Å². The zero-order chi connectivity index (χ0) is 25.8. The van der Waals surface area contributed by atoms with Gasteiger partial charge in [-0.3, -0.25) is 4.79 Å². The van der Waals surface area contributed by atoms with E-state index in [9.17, 15) is 15.0 Å². The third kappa shape index (κ3) is 7.67. The first-order valence-corrected chi connectivity index (χ1v) is 13.6. The summed E-state index contributed by atoms with van der Waals surface area (Å²) >= 11 is 0. The number of esters is 1. The van der Waals surface area contributed by atoms with Crippen LogP contribution in [0.4, 0.5) is 0 Å². The summed E-state index contributed by atoms with van der Waals surface area (Å²) in [6.45, 7) is 13.6. The van der Waals surface area contributed by atoms with Crippen molar-refractivity contribution in [3.05, 3.63) is 11.8 Å². The van der Waals surface area contributed by atoms with Gasteiger partial charge in [0, 0.05) is 12.8 Å². The lowest BCUT2D eigenvalue weighted by molar-refractivity contribution is -0.223. The maximum absolute atomic E-state index is 12.3. The Labute approximate surface area is 211 Å². The molecule has 7 heteroatoms. The lowest BCUT2D eigenvalue weighted by atomic mass is 9.63. The van der Waals surface area contributed by atoms with Crippen LogP contribution in [0.15, 0.2) is 11.8 Å². The summed E-state index contributed by atoms with van der Waals surface area (Å²) in [4.78, 5) is 12.3. The summed E-state index contributed by atoms with van der Waals surface area (Å²) in [5, 5.41) is 20.8. The van der Waals surface area contributed by atoms with Crippen LogP contribution in [-0.2, 0) is 23.7 Å². The lowest BCUT2D eigenvalue weighted by Gasteiger charge is -2.43. The second-order valence-corrected chi connectivity index (χ2v) is 12.3. The van der Waals surface area contributed by atoms with Crippen LogP contribution in [0.1, 0.15) is 99.3 Å². The van der Waals surface area contributed by atoms with Gasteiger partial charge in [0.15, 0.2) is 12.6 Å². The number of carbonyl (C=O) groups excluding carboxylic acids is 1. The number of ether oxygens (including phenoxy) is 4. The largest absolute Gasteiger partial charge is 0.493 e. The van der Waals surface area contributed by atoms with Gasteiger partial charge in [0.25, 0.3) is 0 Å². The predicted molar refractivity (Wildman–Crippen MR) is 133 cm³/mol. The first kappa shape index (κ1) is 28.4. The molecule has 0 aromatic carbocycles. The fraction of sp³-hybridized carbons (Fsp3) is 0.893. The minimum Gasteiger partial charge on any atom is -0.493 e. The number of carbonyl (C=O) groups is 1. The van der Waals surface area contributed by atoms with Crippen molar-refractivity contribution < 1.29 is 34.0 Å². The van der Waals surface area contributed by atoms with Crippen LogP contribution in [0.25, 0.3) is 0 Å². The van der Waals surface area contributed by atoms with E-state index in [2.05, 4.69) is 40.7 Å². The van der Waals surface area contributed by atoms with E-state index in [4.69, 9.17) is 18.9 Å². The van der Waals surface area contributed by atoms with Gasteiger partial charge in [0.1, 0.15) is 12.5 Å². The number of aliphatic hydroxyl groups is 2. The van der Waals surface area contributed by atoms with Crippen molar-refractivity contribution in [2.75, 3.05) is 6.61 Å². The number of cyclic esters (lactones) is 1. The van der Waals surface area contributed by atoms with Crippen molar-refractivity contribution in [3.8, 4) is 0 Å². The summed E-state index contributed by atoms with van der Waals surface area (Å²) in [5.41, 5.74) is -0.147. The summed E-state index contributed by atoms with van der Waals surface area (Å²) in [7, 11) is 0. The number of allylic oxidation sites excluding steroid dienone is 2. The van der Waals surface area contributed by atoms with Gasteiger partial charge in [-0.15, -0.1) is 0 Å². The molecule has 0 aromatic rings. The average Bonchev–Trinajstić information content (AvgIpc) is 3.36. The van der Waals surface area contributed by atoms with Crippen LogP contribution in [0.2, 0.25) is 0 Å². The highest BCUT2D eigenvalue weighted by molar-refractivity contribution is 5.74. The van der Waals surface area contributed by atoms with Gasteiger partial charge in [-0.05, 0) is 68.3 Å². The van der Waals surface area contributed by atoms with Crippen molar-refractivity contribution >= 4 is 5.97 Å². The predicted octanol–water partition coefficient (Wildman–Crippen LogP) is 5.29. The van der Waals surface area contributed by atoms with E-state index in [0.717, 1.165) is 50.7 Å². The van der Waals surface area contributed by atoms with Crippen LogP contribution in [0, 0.1) is 29.1 Å². The topological polar surface area (TPSA) is 94.5 Å². The number of hydrogen-bond donors (Lipinski definition) is 2. The third-order valence-corrected chi connectivity index (χ3v) is 8.29.